The smallest absolute Gasteiger partial charge is 0.407 e. The van der Waals surface area contributed by atoms with Crippen LogP contribution in [0.15, 0.2) is 18.2 Å². The monoisotopic (exact) mass is 319 g/mol. The molecule has 1 aliphatic rings. The lowest BCUT2D eigenvalue weighted by molar-refractivity contribution is 0.0104. The number of nitrogens with zero attached hydrogens (tertiary/aromatic N) is 1. The van der Waals surface area contributed by atoms with Gasteiger partial charge in [-0.15, -0.1) is 0 Å². The van der Waals surface area contributed by atoms with E-state index in [1.807, 2.05) is 0 Å². The van der Waals surface area contributed by atoms with E-state index >= 15 is 0 Å². The molecule has 1 aromatic rings. The summed E-state index contributed by atoms with van der Waals surface area (Å²) in [6.45, 7) is 0.607. The molecule has 0 saturated carbocycles. The molecule has 2 unspecified atom stereocenters. The zero-order valence-corrected chi connectivity index (χ0v) is 12.1. The molecule has 1 heterocycles. The predicted octanol–water partition coefficient (Wildman–Crippen LogP) is 2.45. The molecule has 7 heteroatoms. The van der Waals surface area contributed by atoms with Gasteiger partial charge in [-0.1, -0.05) is 29.3 Å². The Kier molecular flexibility index (Phi) is 5.10. The summed E-state index contributed by atoms with van der Waals surface area (Å²) in [5.41, 5.74) is 0.798. The summed E-state index contributed by atoms with van der Waals surface area (Å²) in [6, 6.07) is 5.12. The lowest BCUT2D eigenvalue weighted by Gasteiger charge is -2.26. The number of hydrogen-bond acceptors (Lipinski definition) is 3. The van der Waals surface area contributed by atoms with Crippen LogP contribution >= 0.6 is 23.2 Å². The second kappa shape index (κ2) is 6.63. The van der Waals surface area contributed by atoms with Crippen LogP contribution in [0, 0.1) is 0 Å². The van der Waals surface area contributed by atoms with Crippen molar-refractivity contribution in [2.75, 3.05) is 26.3 Å². The van der Waals surface area contributed by atoms with Crippen molar-refractivity contribution in [2.24, 2.45) is 0 Å². The molecule has 110 valence electrons. The molecule has 1 aliphatic heterocycles. The number of halogens is 2. The second-order valence-electron chi connectivity index (χ2n) is 4.60. The first-order chi connectivity index (χ1) is 9.52. The van der Waals surface area contributed by atoms with Crippen molar-refractivity contribution in [1.82, 2.24) is 4.90 Å². The van der Waals surface area contributed by atoms with Gasteiger partial charge in [0, 0.05) is 19.0 Å². The van der Waals surface area contributed by atoms with Gasteiger partial charge in [0.2, 0.25) is 0 Å². The minimum absolute atomic E-state index is 0.182. The van der Waals surface area contributed by atoms with E-state index in [1.165, 1.54) is 4.90 Å². The van der Waals surface area contributed by atoms with E-state index in [1.54, 1.807) is 18.2 Å². The van der Waals surface area contributed by atoms with Crippen LogP contribution in [0.5, 0.6) is 0 Å². The molecule has 1 saturated heterocycles. The third-order valence-electron chi connectivity index (χ3n) is 3.38. The summed E-state index contributed by atoms with van der Waals surface area (Å²) < 4.78 is 5.54. The molecular weight excluding hydrogens is 305 g/mol. The summed E-state index contributed by atoms with van der Waals surface area (Å²) in [5.74, 6) is -0.284. The van der Waals surface area contributed by atoms with E-state index in [0.717, 1.165) is 5.56 Å². The summed E-state index contributed by atoms with van der Waals surface area (Å²) in [7, 11) is 0. The maximum Gasteiger partial charge on any atom is 0.407 e. The van der Waals surface area contributed by atoms with Crippen molar-refractivity contribution < 1.29 is 19.7 Å². The fraction of sp³-hybridized carbons (Fsp3) is 0.462. The topological polar surface area (TPSA) is 70.0 Å². The Morgan fingerprint density at radius 3 is 2.75 bits per heavy atom. The third kappa shape index (κ3) is 3.35. The largest absolute Gasteiger partial charge is 0.465 e. The number of aliphatic hydroxyl groups excluding tert-OH is 1. The Labute approximate surface area is 126 Å². The minimum Gasteiger partial charge on any atom is -0.465 e. The molecule has 0 bridgehead atoms. The number of benzene rings is 1. The van der Waals surface area contributed by atoms with E-state index in [0.29, 0.717) is 10.0 Å². The van der Waals surface area contributed by atoms with Crippen LogP contribution in [0.3, 0.4) is 0 Å². The second-order valence-corrected chi connectivity index (χ2v) is 5.41. The van der Waals surface area contributed by atoms with E-state index in [-0.39, 0.29) is 32.2 Å². The van der Waals surface area contributed by atoms with E-state index in [2.05, 4.69) is 0 Å². The quantitative estimate of drug-likeness (QED) is 0.878. The van der Waals surface area contributed by atoms with Crippen molar-refractivity contribution in [3.8, 4) is 0 Å². The fourth-order valence-corrected chi connectivity index (χ4v) is 2.60. The van der Waals surface area contributed by atoms with Crippen molar-refractivity contribution >= 4 is 29.3 Å². The molecule has 0 aromatic heterocycles. The van der Waals surface area contributed by atoms with Crippen LogP contribution in [-0.2, 0) is 4.74 Å². The number of aliphatic hydroxyl groups is 1. The Bertz CT molecular complexity index is 497. The van der Waals surface area contributed by atoms with Crippen LogP contribution in [0.2, 0.25) is 10.0 Å². The van der Waals surface area contributed by atoms with Gasteiger partial charge >= 0.3 is 6.09 Å². The molecule has 2 rings (SSSR count). The van der Waals surface area contributed by atoms with Crippen LogP contribution in [0.4, 0.5) is 4.79 Å². The first-order valence-corrected chi connectivity index (χ1v) is 6.93. The highest BCUT2D eigenvalue weighted by molar-refractivity contribution is 6.42. The Balaban J connectivity index is 2.31. The van der Waals surface area contributed by atoms with Gasteiger partial charge in [0.15, 0.2) is 0 Å². The molecule has 5 nitrogen and oxygen atoms in total. The van der Waals surface area contributed by atoms with E-state index in [9.17, 15) is 9.90 Å². The van der Waals surface area contributed by atoms with Crippen LogP contribution < -0.4 is 0 Å². The first-order valence-electron chi connectivity index (χ1n) is 6.18. The molecule has 1 amide bonds. The highest BCUT2D eigenvalue weighted by Gasteiger charge is 2.31. The van der Waals surface area contributed by atoms with Gasteiger partial charge in [-0.05, 0) is 17.7 Å². The highest BCUT2D eigenvalue weighted by Crippen LogP contribution is 2.30. The minimum atomic E-state index is -1.00. The molecule has 1 fully saturated rings. The van der Waals surface area contributed by atoms with E-state index < -0.39 is 12.2 Å². The SMILES string of the molecule is O=C(O)N1CCOC(CO)C(c2ccc(Cl)c(Cl)c2)C1. The highest BCUT2D eigenvalue weighted by atomic mass is 35.5. The summed E-state index contributed by atoms with van der Waals surface area (Å²) in [4.78, 5) is 12.4. The number of amides is 1. The van der Waals surface area contributed by atoms with Crippen molar-refractivity contribution in [3.63, 3.8) is 0 Å². The molecule has 20 heavy (non-hydrogen) atoms. The van der Waals surface area contributed by atoms with Gasteiger partial charge in [0.1, 0.15) is 0 Å². The van der Waals surface area contributed by atoms with Gasteiger partial charge in [0.05, 0.1) is 29.4 Å². The number of ether oxygens (including phenoxy) is 1. The van der Waals surface area contributed by atoms with Gasteiger partial charge in [-0.2, -0.15) is 0 Å². The van der Waals surface area contributed by atoms with Crippen molar-refractivity contribution in [3.05, 3.63) is 33.8 Å². The Morgan fingerprint density at radius 1 is 1.40 bits per heavy atom. The van der Waals surface area contributed by atoms with Gasteiger partial charge < -0.3 is 19.8 Å². The Morgan fingerprint density at radius 2 is 2.15 bits per heavy atom. The van der Waals surface area contributed by atoms with Gasteiger partial charge in [-0.25, -0.2) is 4.79 Å². The normalized spacial score (nSPS) is 23.4. The molecule has 2 N–H and O–H groups in total. The molecular formula is C13H15Cl2NO4. The predicted molar refractivity (Wildman–Crippen MR) is 75.6 cm³/mol. The lowest BCUT2D eigenvalue weighted by Crippen LogP contribution is -2.35. The third-order valence-corrected chi connectivity index (χ3v) is 4.12. The van der Waals surface area contributed by atoms with E-state index in [4.69, 9.17) is 33.0 Å². The molecule has 0 aliphatic carbocycles. The fourth-order valence-electron chi connectivity index (χ4n) is 2.29. The maximum absolute atomic E-state index is 11.2. The van der Waals surface area contributed by atoms with Gasteiger partial charge in [0.25, 0.3) is 0 Å². The van der Waals surface area contributed by atoms with Gasteiger partial charge in [-0.3, -0.25) is 0 Å². The zero-order chi connectivity index (χ0) is 14.7. The average molecular weight is 320 g/mol. The molecule has 1 aromatic carbocycles. The summed E-state index contributed by atoms with van der Waals surface area (Å²) >= 11 is 11.9. The maximum atomic E-state index is 11.2. The van der Waals surface area contributed by atoms with Crippen molar-refractivity contribution in [1.29, 1.82) is 0 Å². The standard InChI is InChI=1S/C13H15Cl2NO4/c14-10-2-1-8(5-11(10)15)9-6-16(13(18)19)3-4-20-12(9)7-17/h1-2,5,9,12,17H,3-4,6-7H2,(H,18,19). The first kappa shape index (κ1) is 15.4. The number of rotatable bonds is 2. The van der Waals surface area contributed by atoms with Crippen molar-refractivity contribution in [2.45, 2.75) is 12.0 Å². The van der Waals surface area contributed by atoms with Crippen LogP contribution in [-0.4, -0.2) is 53.6 Å². The molecule has 0 radical (unpaired) electrons. The lowest BCUT2D eigenvalue weighted by atomic mass is 9.93. The molecule has 0 spiro atoms. The van der Waals surface area contributed by atoms with Crippen LogP contribution in [0.25, 0.3) is 0 Å². The summed E-state index contributed by atoms with van der Waals surface area (Å²) in [5, 5.41) is 19.4. The Hall–Kier alpha value is -1.01. The molecule has 2 atom stereocenters. The van der Waals surface area contributed by atoms with Crippen LogP contribution in [0.1, 0.15) is 11.5 Å². The number of carboxylic acid groups (broad SMARTS) is 1. The number of carbonyl (C=O) groups is 1. The average Bonchev–Trinajstić information content (AvgIpc) is 2.64. The summed E-state index contributed by atoms with van der Waals surface area (Å²) in [6.07, 6.45) is -1.46. The zero-order valence-electron chi connectivity index (χ0n) is 10.6. The number of hydrogen-bond donors (Lipinski definition) is 2.